The van der Waals surface area contributed by atoms with E-state index in [0.717, 1.165) is 38.1 Å². The van der Waals surface area contributed by atoms with Crippen LogP contribution in [0.1, 0.15) is 42.2 Å². The largest absolute Gasteiger partial charge is 0.378 e. The molecule has 0 unspecified atom stereocenters. The van der Waals surface area contributed by atoms with Crippen molar-refractivity contribution >= 4 is 5.91 Å². The van der Waals surface area contributed by atoms with Crippen LogP contribution in [0.3, 0.4) is 0 Å². The highest BCUT2D eigenvalue weighted by molar-refractivity contribution is 5.95. The zero-order valence-corrected chi connectivity index (χ0v) is 13.7. The van der Waals surface area contributed by atoms with Crippen molar-refractivity contribution < 1.29 is 14.3 Å². The number of ether oxygens (including phenoxy) is 2. The first-order valence-electron chi connectivity index (χ1n) is 8.09. The molecule has 2 aliphatic heterocycles. The van der Waals surface area contributed by atoms with E-state index in [1.54, 1.807) is 7.11 Å². The Hall–Kier alpha value is -1.40. The van der Waals surface area contributed by atoms with Crippen LogP contribution in [0.2, 0.25) is 0 Å². The third-order valence-electron chi connectivity index (χ3n) is 4.91. The lowest BCUT2D eigenvalue weighted by molar-refractivity contribution is -0.137. The lowest BCUT2D eigenvalue weighted by Crippen LogP contribution is -2.58. The molecule has 0 saturated carbocycles. The minimum absolute atomic E-state index is 0.0571. The molecule has 1 aromatic rings. The van der Waals surface area contributed by atoms with Crippen molar-refractivity contribution in [3.8, 4) is 0 Å². The average molecular weight is 307 g/mol. The monoisotopic (exact) mass is 307 g/mol. The minimum Gasteiger partial charge on any atom is -0.378 e. The van der Waals surface area contributed by atoms with Crippen LogP contribution in [0.4, 0.5) is 0 Å². The van der Waals surface area contributed by atoms with Gasteiger partial charge in [0.05, 0.1) is 23.9 Å². The van der Waals surface area contributed by atoms with Gasteiger partial charge in [-0.25, -0.2) is 0 Å². The number of hydrogen-bond acceptors (Lipinski definition) is 4. The molecule has 2 saturated heterocycles. The minimum atomic E-state index is -0.322. The van der Waals surface area contributed by atoms with Gasteiger partial charge < -0.3 is 14.4 Å². The van der Waals surface area contributed by atoms with Gasteiger partial charge in [0.25, 0.3) is 5.91 Å². The Bertz CT molecular complexity index is 549. The topological polar surface area (TPSA) is 56.6 Å². The summed E-state index contributed by atoms with van der Waals surface area (Å²) < 4.78 is 13.5. The number of nitrogens with zero attached hydrogens (tertiary/aromatic N) is 3. The molecule has 1 spiro atoms. The second-order valence-corrected chi connectivity index (χ2v) is 6.24. The highest BCUT2D eigenvalue weighted by Crippen LogP contribution is 2.36. The normalized spacial score (nSPS) is 28.5. The fraction of sp³-hybridized carbons (Fsp3) is 0.750. The van der Waals surface area contributed by atoms with Gasteiger partial charge in [-0.3, -0.25) is 9.48 Å². The molecule has 3 rings (SSSR count). The molecule has 6 nitrogen and oxygen atoms in total. The number of carbonyl (C=O) groups is 1. The second-order valence-electron chi connectivity index (χ2n) is 6.24. The Morgan fingerprint density at radius 2 is 2.41 bits per heavy atom. The number of hydrogen-bond donors (Lipinski definition) is 0. The zero-order valence-electron chi connectivity index (χ0n) is 13.7. The molecule has 6 heteroatoms. The summed E-state index contributed by atoms with van der Waals surface area (Å²) in [7, 11) is 1.74. The Balaban J connectivity index is 1.80. The van der Waals surface area contributed by atoms with Gasteiger partial charge in [-0.1, -0.05) is 0 Å². The predicted octanol–water partition coefficient (Wildman–Crippen LogP) is 1.62. The fourth-order valence-corrected chi connectivity index (χ4v) is 3.70. The van der Waals surface area contributed by atoms with Gasteiger partial charge in [-0.05, 0) is 33.1 Å². The van der Waals surface area contributed by atoms with Crippen molar-refractivity contribution in [1.29, 1.82) is 0 Å². The molecule has 2 fully saturated rings. The van der Waals surface area contributed by atoms with E-state index in [9.17, 15) is 4.79 Å². The van der Waals surface area contributed by atoms with Gasteiger partial charge in [-0.2, -0.15) is 5.10 Å². The number of methoxy groups -OCH3 is 1. The van der Waals surface area contributed by atoms with Gasteiger partial charge in [-0.15, -0.1) is 0 Å². The van der Waals surface area contributed by atoms with Gasteiger partial charge >= 0.3 is 0 Å². The molecule has 1 aromatic heterocycles. The first-order valence-corrected chi connectivity index (χ1v) is 8.09. The molecule has 22 heavy (non-hydrogen) atoms. The first kappa shape index (κ1) is 15.5. The number of aryl methyl sites for hydroxylation is 2. The van der Waals surface area contributed by atoms with Crippen LogP contribution in [0, 0.1) is 6.92 Å². The molecule has 0 aromatic carbocycles. The quantitative estimate of drug-likeness (QED) is 0.851. The summed E-state index contributed by atoms with van der Waals surface area (Å²) in [4.78, 5) is 14.8. The summed E-state index contributed by atoms with van der Waals surface area (Å²) in [5.41, 5.74) is 1.17. The summed E-state index contributed by atoms with van der Waals surface area (Å²) in [6.07, 6.45) is 4.75. The molecular weight excluding hydrogens is 282 g/mol. The van der Waals surface area contributed by atoms with Gasteiger partial charge in [0.2, 0.25) is 0 Å². The molecule has 0 aliphatic carbocycles. The van der Waals surface area contributed by atoms with Crippen LogP contribution >= 0.6 is 0 Å². The van der Waals surface area contributed by atoms with Crippen LogP contribution in [0.15, 0.2) is 6.20 Å². The van der Waals surface area contributed by atoms with Crippen LogP contribution in [0.25, 0.3) is 0 Å². The highest BCUT2D eigenvalue weighted by Gasteiger charge is 2.48. The third kappa shape index (κ3) is 2.54. The van der Waals surface area contributed by atoms with Crippen molar-refractivity contribution in [3.63, 3.8) is 0 Å². The number of piperidine rings is 1. The number of amides is 1. The molecule has 2 atom stereocenters. The van der Waals surface area contributed by atoms with Crippen molar-refractivity contribution in [2.24, 2.45) is 0 Å². The molecule has 2 aliphatic rings. The van der Waals surface area contributed by atoms with Crippen LogP contribution in [-0.2, 0) is 16.0 Å². The zero-order chi connectivity index (χ0) is 15.7. The molecule has 0 bridgehead atoms. The molecule has 0 radical (unpaired) electrons. The van der Waals surface area contributed by atoms with Crippen LogP contribution in [0.5, 0.6) is 0 Å². The van der Waals surface area contributed by atoms with E-state index >= 15 is 0 Å². The standard InChI is InChI=1S/C16H25N3O3/c1-4-19-10-13(12(2)17-19)15(20)18-8-6-14(21-3)16(11-18)7-5-9-22-16/h10,14H,4-9,11H2,1-3H3/t14-,16-/m0/s1. The first-order chi connectivity index (χ1) is 10.6. The van der Waals surface area contributed by atoms with Crippen LogP contribution in [-0.4, -0.2) is 59.1 Å². The Morgan fingerprint density at radius 3 is 3.00 bits per heavy atom. The van der Waals surface area contributed by atoms with E-state index in [2.05, 4.69) is 5.10 Å². The maximum atomic E-state index is 12.9. The van der Waals surface area contributed by atoms with E-state index < -0.39 is 0 Å². The molecule has 0 N–H and O–H groups in total. The Morgan fingerprint density at radius 1 is 1.59 bits per heavy atom. The van der Waals surface area contributed by atoms with Gasteiger partial charge in [0.1, 0.15) is 5.60 Å². The Labute approximate surface area is 131 Å². The van der Waals surface area contributed by atoms with E-state index in [1.165, 1.54) is 0 Å². The van der Waals surface area contributed by atoms with Crippen LogP contribution < -0.4 is 0 Å². The lowest BCUT2D eigenvalue weighted by atomic mass is 9.86. The summed E-state index contributed by atoms with van der Waals surface area (Å²) in [6.45, 7) is 6.76. The summed E-state index contributed by atoms with van der Waals surface area (Å²) in [6, 6.07) is 0. The molecule has 1 amide bonds. The SMILES string of the molecule is CCn1cc(C(=O)N2CC[C@H](OC)[C@]3(CCCO3)C2)c(C)n1. The van der Waals surface area contributed by atoms with Crippen molar-refractivity contribution in [3.05, 3.63) is 17.5 Å². The number of likely N-dealkylation sites (tertiary alicyclic amines) is 1. The van der Waals surface area contributed by atoms with E-state index in [-0.39, 0.29) is 17.6 Å². The second kappa shape index (κ2) is 6.01. The maximum Gasteiger partial charge on any atom is 0.257 e. The fourth-order valence-electron chi connectivity index (χ4n) is 3.70. The maximum absolute atomic E-state index is 12.9. The van der Waals surface area contributed by atoms with Crippen molar-refractivity contribution in [2.45, 2.75) is 51.4 Å². The van der Waals surface area contributed by atoms with E-state index in [4.69, 9.17) is 9.47 Å². The summed E-state index contributed by atoms with van der Waals surface area (Å²) in [5.74, 6) is 0.0571. The number of carbonyl (C=O) groups excluding carboxylic acids is 1. The third-order valence-corrected chi connectivity index (χ3v) is 4.91. The highest BCUT2D eigenvalue weighted by atomic mass is 16.6. The lowest BCUT2D eigenvalue weighted by Gasteiger charge is -2.44. The number of rotatable bonds is 3. The molecule has 3 heterocycles. The summed E-state index contributed by atoms with van der Waals surface area (Å²) >= 11 is 0. The Kier molecular flexibility index (Phi) is 4.23. The van der Waals surface area contributed by atoms with E-state index in [0.29, 0.717) is 18.7 Å². The smallest absolute Gasteiger partial charge is 0.257 e. The molecule has 122 valence electrons. The summed E-state index contributed by atoms with van der Waals surface area (Å²) in [5, 5.41) is 4.38. The average Bonchev–Trinajstić information content (AvgIpc) is 3.13. The predicted molar refractivity (Wildman–Crippen MR) is 81.9 cm³/mol. The van der Waals surface area contributed by atoms with E-state index in [1.807, 2.05) is 29.6 Å². The molecular formula is C16H25N3O3. The van der Waals surface area contributed by atoms with Crippen molar-refractivity contribution in [1.82, 2.24) is 14.7 Å². The van der Waals surface area contributed by atoms with Gasteiger partial charge in [0.15, 0.2) is 0 Å². The van der Waals surface area contributed by atoms with Gasteiger partial charge in [0, 0.05) is 33.0 Å². The van der Waals surface area contributed by atoms with Crippen molar-refractivity contribution in [2.75, 3.05) is 26.8 Å². The number of aromatic nitrogens is 2.